The third-order valence-electron chi connectivity index (χ3n) is 3.67. The van der Waals surface area contributed by atoms with Crippen molar-refractivity contribution in [1.82, 2.24) is 5.32 Å². The number of nitrogens with one attached hydrogen (secondary N) is 1. The van der Waals surface area contributed by atoms with E-state index in [0.29, 0.717) is 13.1 Å². The van der Waals surface area contributed by atoms with Gasteiger partial charge < -0.3 is 16.0 Å². The zero-order valence-corrected chi connectivity index (χ0v) is 11.9. The Morgan fingerprint density at radius 2 is 2.11 bits per heavy atom. The maximum absolute atomic E-state index is 12.2. The lowest BCUT2D eigenvalue weighted by Gasteiger charge is -2.35. The molecule has 0 bridgehead atoms. The number of rotatable bonds is 2. The molecule has 19 heavy (non-hydrogen) atoms. The number of nitrogens with zero attached hydrogens (tertiary/aromatic N) is 1. The van der Waals surface area contributed by atoms with Crippen molar-refractivity contribution in [1.29, 1.82) is 0 Å². The van der Waals surface area contributed by atoms with Gasteiger partial charge in [0.2, 0.25) is 5.91 Å². The molecule has 2 rings (SSSR count). The molecule has 0 saturated carbocycles. The first-order valence-corrected chi connectivity index (χ1v) is 6.75. The topological polar surface area (TPSA) is 58.4 Å². The minimum absolute atomic E-state index is 0.0244. The van der Waals surface area contributed by atoms with Crippen molar-refractivity contribution in [2.24, 2.45) is 11.1 Å². The van der Waals surface area contributed by atoms with Crippen LogP contribution in [0.1, 0.15) is 19.4 Å². The largest absolute Gasteiger partial charge is 0.358 e. The van der Waals surface area contributed by atoms with Gasteiger partial charge in [0.1, 0.15) is 6.04 Å². The second-order valence-electron chi connectivity index (χ2n) is 6.05. The van der Waals surface area contributed by atoms with E-state index in [9.17, 15) is 4.79 Å². The molecule has 1 aromatic rings. The summed E-state index contributed by atoms with van der Waals surface area (Å²) in [4.78, 5) is 14.3. The molecule has 1 unspecified atom stereocenters. The van der Waals surface area contributed by atoms with Crippen LogP contribution in [0.5, 0.6) is 0 Å². The molecule has 1 fully saturated rings. The molecule has 1 aliphatic heterocycles. The summed E-state index contributed by atoms with van der Waals surface area (Å²) in [5, 5.41) is 2.99. The molecule has 0 radical (unpaired) electrons. The average Bonchev–Trinajstić information content (AvgIpc) is 2.47. The van der Waals surface area contributed by atoms with Crippen LogP contribution in [0.4, 0.5) is 5.69 Å². The normalized spacial score (nSPS) is 22.8. The summed E-state index contributed by atoms with van der Waals surface area (Å²) in [5.74, 6) is 0.0244. The number of aryl methyl sites for hydroxylation is 1. The summed E-state index contributed by atoms with van der Waals surface area (Å²) < 4.78 is 0. The highest BCUT2D eigenvalue weighted by molar-refractivity contribution is 5.86. The predicted octanol–water partition coefficient (Wildman–Crippen LogP) is 1.28. The number of hydrogen-bond donors (Lipinski definition) is 2. The van der Waals surface area contributed by atoms with Gasteiger partial charge in [0.15, 0.2) is 0 Å². The molecule has 1 atom stereocenters. The van der Waals surface area contributed by atoms with Crippen LogP contribution in [-0.4, -0.2) is 31.6 Å². The number of hydrogen-bond acceptors (Lipinski definition) is 3. The van der Waals surface area contributed by atoms with Crippen molar-refractivity contribution in [3.63, 3.8) is 0 Å². The van der Waals surface area contributed by atoms with E-state index < -0.39 is 0 Å². The van der Waals surface area contributed by atoms with Crippen LogP contribution in [0, 0.1) is 12.3 Å². The molecular formula is C15H23N3O. The average molecular weight is 261 g/mol. The Morgan fingerprint density at radius 3 is 2.74 bits per heavy atom. The molecule has 1 saturated heterocycles. The van der Waals surface area contributed by atoms with E-state index >= 15 is 0 Å². The lowest BCUT2D eigenvalue weighted by atomic mass is 9.92. The summed E-state index contributed by atoms with van der Waals surface area (Å²) in [6, 6.07) is 7.86. The Hall–Kier alpha value is -1.55. The van der Waals surface area contributed by atoms with E-state index in [0.717, 1.165) is 12.2 Å². The second-order valence-corrected chi connectivity index (χ2v) is 6.05. The number of nitrogens with two attached hydrogens (primary N) is 1. The van der Waals surface area contributed by atoms with Gasteiger partial charge in [-0.15, -0.1) is 0 Å². The maximum atomic E-state index is 12.2. The molecule has 4 heteroatoms. The Kier molecular flexibility index (Phi) is 3.80. The van der Waals surface area contributed by atoms with Crippen molar-refractivity contribution in [2.75, 3.05) is 24.5 Å². The predicted molar refractivity (Wildman–Crippen MR) is 78.2 cm³/mol. The maximum Gasteiger partial charge on any atom is 0.244 e. The molecule has 1 amide bonds. The van der Waals surface area contributed by atoms with Crippen LogP contribution in [0.15, 0.2) is 24.3 Å². The van der Waals surface area contributed by atoms with Gasteiger partial charge in [-0.05, 0) is 24.0 Å². The summed E-state index contributed by atoms with van der Waals surface area (Å²) in [5.41, 5.74) is 8.13. The first-order valence-electron chi connectivity index (χ1n) is 6.75. The van der Waals surface area contributed by atoms with Crippen molar-refractivity contribution in [2.45, 2.75) is 26.8 Å². The molecule has 104 valence electrons. The third-order valence-corrected chi connectivity index (χ3v) is 3.67. The molecule has 0 spiro atoms. The van der Waals surface area contributed by atoms with Gasteiger partial charge in [0.05, 0.1) is 0 Å². The van der Waals surface area contributed by atoms with Gasteiger partial charge in [-0.1, -0.05) is 32.0 Å². The fourth-order valence-electron chi connectivity index (χ4n) is 2.59. The fraction of sp³-hybridized carbons (Fsp3) is 0.533. The molecule has 3 N–H and O–H groups in total. The van der Waals surface area contributed by atoms with E-state index in [1.807, 2.05) is 12.1 Å². The summed E-state index contributed by atoms with van der Waals surface area (Å²) >= 11 is 0. The Labute approximate surface area is 115 Å². The number of anilines is 1. The summed E-state index contributed by atoms with van der Waals surface area (Å²) in [7, 11) is 0. The summed E-state index contributed by atoms with van der Waals surface area (Å²) in [6.07, 6.45) is 0. The second kappa shape index (κ2) is 5.21. The molecular weight excluding hydrogens is 238 g/mol. The Balaban J connectivity index is 2.43. The van der Waals surface area contributed by atoms with Crippen molar-refractivity contribution >= 4 is 11.6 Å². The van der Waals surface area contributed by atoms with E-state index in [1.165, 1.54) is 5.56 Å². The number of carbonyl (C=O) groups excluding carboxylic acids is 1. The molecule has 1 aliphatic rings. The molecule has 4 nitrogen and oxygen atoms in total. The fourth-order valence-corrected chi connectivity index (χ4v) is 2.59. The van der Waals surface area contributed by atoms with Crippen LogP contribution < -0.4 is 16.0 Å². The van der Waals surface area contributed by atoms with Gasteiger partial charge in [-0.25, -0.2) is 0 Å². The minimum Gasteiger partial charge on any atom is -0.358 e. The first-order chi connectivity index (χ1) is 8.94. The summed E-state index contributed by atoms with van der Waals surface area (Å²) in [6.45, 7) is 8.23. The minimum atomic E-state index is -0.289. The molecule has 1 aromatic carbocycles. The van der Waals surface area contributed by atoms with Gasteiger partial charge in [0, 0.05) is 25.3 Å². The standard InChI is InChI=1S/C15H23N3O/c1-11-6-4-5-7-12(11)18-10-15(2,3)9-17-14(19)13(18)8-16/h4-7,13H,8-10,16H2,1-3H3,(H,17,19). The van der Waals surface area contributed by atoms with E-state index in [2.05, 4.69) is 43.1 Å². The van der Waals surface area contributed by atoms with Crippen molar-refractivity contribution in [3.8, 4) is 0 Å². The number of amides is 1. The Morgan fingerprint density at radius 1 is 1.42 bits per heavy atom. The van der Waals surface area contributed by atoms with Crippen LogP contribution in [0.25, 0.3) is 0 Å². The number of para-hydroxylation sites is 1. The lowest BCUT2D eigenvalue weighted by molar-refractivity contribution is -0.121. The van der Waals surface area contributed by atoms with Gasteiger partial charge >= 0.3 is 0 Å². The molecule has 0 aromatic heterocycles. The van der Waals surface area contributed by atoms with Crippen LogP contribution in [0.2, 0.25) is 0 Å². The van der Waals surface area contributed by atoms with E-state index in [-0.39, 0.29) is 17.4 Å². The van der Waals surface area contributed by atoms with Gasteiger partial charge in [0.25, 0.3) is 0 Å². The zero-order valence-electron chi connectivity index (χ0n) is 11.9. The van der Waals surface area contributed by atoms with Crippen molar-refractivity contribution in [3.05, 3.63) is 29.8 Å². The van der Waals surface area contributed by atoms with Crippen LogP contribution in [-0.2, 0) is 4.79 Å². The van der Waals surface area contributed by atoms with Crippen LogP contribution in [0.3, 0.4) is 0 Å². The van der Waals surface area contributed by atoms with Gasteiger partial charge in [-0.2, -0.15) is 0 Å². The first kappa shape index (κ1) is 13.9. The smallest absolute Gasteiger partial charge is 0.244 e. The quantitative estimate of drug-likeness (QED) is 0.843. The van der Waals surface area contributed by atoms with Crippen molar-refractivity contribution < 1.29 is 4.79 Å². The van der Waals surface area contributed by atoms with Gasteiger partial charge in [-0.3, -0.25) is 4.79 Å². The van der Waals surface area contributed by atoms with E-state index in [1.54, 1.807) is 0 Å². The number of benzene rings is 1. The highest BCUT2D eigenvalue weighted by Gasteiger charge is 2.35. The monoisotopic (exact) mass is 261 g/mol. The molecule has 0 aliphatic carbocycles. The van der Waals surface area contributed by atoms with Crippen LogP contribution >= 0.6 is 0 Å². The highest BCUT2D eigenvalue weighted by Crippen LogP contribution is 2.28. The van der Waals surface area contributed by atoms with E-state index in [4.69, 9.17) is 5.73 Å². The highest BCUT2D eigenvalue weighted by atomic mass is 16.2. The third kappa shape index (κ3) is 2.89. The molecule has 1 heterocycles. The zero-order chi connectivity index (χ0) is 14.0. The SMILES string of the molecule is Cc1ccccc1N1CC(C)(C)CNC(=O)C1CN. The number of carbonyl (C=O) groups is 1. The lowest BCUT2D eigenvalue weighted by Crippen LogP contribution is -2.49. The Bertz CT molecular complexity index is 470.